The van der Waals surface area contributed by atoms with Crippen LogP contribution in [0.4, 0.5) is 0 Å². The lowest BCUT2D eigenvalue weighted by Gasteiger charge is -2.23. The monoisotopic (exact) mass is 534 g/mol. The number of halogens is 2. The van der Waals surface area contributed by atoms with Crippen LogP contribution in [0.5, 0.6) is 0 Å². The zero-order valence-corrected chi connectivity index (χ0v) is 21.9. The molecule has 0 aromatic heterocycles. The van der Waals surface area contributed by atoms with Gasteiger partial charge >= 0.3 is 0 Å². The first-order chi connectivity index (χ1) is 13.2. The van der Waals surface area contributed by atoms with E-state index < -0.39 is 0 Å². The minimum Gasteiger partial charge on any atom is -1.00 e. The average Bonchev–Trinajstić information content (AvgIpc) is 2.86. The molecule has 0 aliphatic carbocycles. The number of benzene rings is 2. The minimum absolute atomic E-state index is 0. The number of rotatable bonds is 0. The molecule has 0 bridgehead atoms. The van der Waals surface area contributed by atoms with Crippen LogP contribution in [0.15, 0.2) is 61.7 Å². The topological polar surface area (TPSA) is 33.2 Å². The fraction of sp³-hybridized carbons (Fsp3) is 0.385. The lowest BCUT2D eigenvalue weighted by molar-refractivity contribution is -0.705. The van der Waals surface area contributed by atoms with Gasteiger partial charge in [0.15, 0.2) is 0 Å². The van der Waals surface area contributed by atoms with Gasteiger partial charge in [0.2, 0.25) is 0 Å². The lowest BCUT2D eigenvalue weighted by atomic mass is 9.88. The van der Waals surface area contributed by atoms with Crippen molar-refractivity contribution in [1.29, 1.82) is 0 Å². The van der Waals surface area contributed by atoms with Crippen LogP contribution in [0, 0.1) is 0 Å². The molecule has 0 spiro atoms. The minimum atomic E-state index is 0. The predicted molar refractivity (Wildman–Crippen MR) is 120 cm³/mol. The van der Waals surface area contributed by atoms with E-state index in [9.17, 15) is 0 Å². The van der Waals surface area contributed by atoms with E-state index in [0.717, 1.165) is 25.9 Å². The first kappa shape index (κ1) is 26.8. The first-order valence-corrected chi connectivity index (χ1v) is 10.5. The highest BCUT2D eigenvalue weighted by atomic mass is 79.9. The Morgan fingerprint density at radius 1 is 0.633 bits per heavy atom. The Morgan fingerprint density at radius 2 is 0.967 bits per heavy atom. The maximum Gasteiger partial charge on any atom is 0.116 e. The van der Waals surface area contributed by atoms with Crippen LogP contribution in [-0.4, -0.2) is 24.2 Å². The first-order valence-electron chi connectivity index (χ1n) is 10.5. The van der Waals surface area contributed by atoms with Crippen LogP contribution in [0.1, 0.15) is 49.9 Å². The predicted octanol–water partition coefficient (Wildman–Crippen LogP) is -2.80. The molecule has 2 aliphatic rings. The summed E-state index contributed by atoms with van der Waals surface area (Å²) in [6, 6.07) is 17.3. The molecule has 164 valence electrons. The third-order valence-corrected chi connectivity index (χ3v) is 6.38. The van der Waals surface area contributed by atoms with E-state index in [-0.39, 0.29) is 45.0 Å². The van der Waals surface area contributed by atoms with Gasteiger partial charge < -0.3 is 44.6 Å². The number of hydrogen-bond acceptors (Lipinski definition) is 0. The third kappa shape index (κ3) is 5.94. The normalized spacial score (nSPS) is 18.7. The molecule has 0 fully saturated rings. The van der Waals surface area contributed by atoms with Gasteiger partial charge in [-0.2, -0.15) is 0 Å². The van der Waals surface area contributed by atoms with Gasteiger partial charge in [-0.15, -0.1) is 0 Å². The summed E-state index contributed by atoms with van der Waals surface area (Å²) in [6.45, 7) is 19.8. The van der Waals surface area contributed by atoms with E-state index in [1.165, 1.54) is 33.4 Å². The van der Waals surface area contributed by atoms with Crippen LogP contribution in [0.2, 0.25) is 0 Å². The molecule has 0 amide bonds. The van der Waals surface area contributed by atoms with Crippen LogP contribution >= 0.6 is 0 Å². The van der Waals surface area contributed by atoms with Gasteiger partial charge in [0.1, 0.15) is 11.1 Å². The van der Waals surface area contributed by atoms with E-state index in [0.29, 0.717) is 0 Å². The molecule has 0 radical (unpaired) electrons. The molecule has 0 saturated heterocycles. The second-order valence-electron chi connectivity index (χ2n) is 9.20. The Morgan fingerprint density at radius 3 is 1.33 bits per heavy atom. The summed E-state index contributed by atoms with van der Waals surface area (Å²) in [5, 5.41) is 4.77. The van der Waals surface area contributed by atoms with Crippen molar-refractivity contribution in [3.05, 3.63) is 83.9 Å². The van der Waals surface area contributed by atoms with Crippen molar-refractivity contribution in [3.63, 3.8) is 0 Å². The molecule has 4 heteroatoms. The van der Waals surface area contributed by atoms with Crippen LogP contribution in [-0.2, 0) is 12.8 Å². The molecule has 0 atom stereocenters. The van der Waals surface area contributed by atoms with Crippen LogP contribution in [0.3, 0.4) is 0 Å². The molecule has 2 aliphatic heterocycles. The zero-order chi connectivity index (χ0) is 20.4. The van der Waals surface area contributed by atoms with Crippen LogP contribution < -0.4 is 44.6 Å². The number of quaternary nitrogens is 2. The number of nitrogens with two attached hydrogens (primary N) is 2. The Bertz CT molecular complexity index is 811. The molecule has 2 aromatic rings. The molecule has 4 rings (SSSR count). The van der Waals surface area contributed by atoms with E-state index in [1.54, 1.807) is 0 Å². The van der Waals surface area contributed by atoms with E-state index >= 15 is 0 Å². The van der Waals surface area contributed by atoms with Gasteiger partial charge in [-0.3, -0.25) is 0 Å². The average molecular weight is 536 g/mol. The van der Waals surface area contributed by atoms with Crippen molar-refractivity contribution >= 4 is 11.1 Å². The molecule has 2 heterocycles. The van der Waals surface area contributed by atoms with Gasteiger partial charge in [0, 0.05) is 24.0 Å². The lowest BCUT2D eigenvalue weighted by Crippen LogP contribution is -3.00. The van der Waals surface area contributed by atoms with Gasteiger partial charge in [-0.05, 0) is 49.9 Å². The highest BCUT2D eigenvalue weighted by molar-refractivity contribution is 5.72. The summed E-state index contributed by atoms with van der Waals surface area (Å²) in [5.41, 5.74) is 8.39. The molecule has 0 unspecified atom stereocenters. The van der Waals surface area contributed by atoms with Crippen molar-refractivity contribution in [1.82, 2.24) is 0 Å². The Labute approximate surface area is 203 Å². The SMILES string of the molecule is C=C1c2ccccc2CC[NH2+]C1(C)C.C=C1c2ccccc2CC[NH2+]C1(C)C.[Br-].[Br-]. The largest absolute Gasteiger partial charge is 1.00 e. The maximum absolute atomic E-state index is 4.24. The third-order valence-electron chi connectivity index (χ3n) is 6.38. The second-order valence-corrected chi connectivity index (χ2v) is 9.20. The molecular formula is C26H36Br2N2. The van der Waals surface area contributed by atoms with Crippen molar-refractivity contribution in [3.8, 4) is 0 Å². The molecule has 0 saturated carbocycles. The fourth-order valence-electron chi connectivity index (χ4n) is 4.18. The summed E-state index contributed by atoms with van der Waals surface area (Å²) in [7, 11) is 0. The number of hydrogen-bond donors (Lipinski definition) is 2. The standard InChI is InChI=1S/2C13H17N.2BrH/c2*1-10-12-7-5-4-6-11(12)8-9-14-13(10,2)3;;/h2*4-7,14H,1,8-9H2,2-3H3;2*1H. The summed E-state index contributed by atoms with van der Waals surface area (Å²) in [6.07, 6.45) is 2.30. The zero-order valence-electron chi connectivity index (χ0n) is 18.8. The van der Waals surface area contributed by atoms with Gasteiger partial charge in [0.25, 0.3) is 0 Å². The molecule has 30 heavy (non-hydrogen) atoms. The smallest absolute Gasteiger partial charge is 0.116 e. The quantitative estimate of drug-likeness (QED) is 0.365. The summed E-state index contributed by atoms with van der Waals surface area (Å²) in [5.74, 6) is 0. The highest BCUT2D eigenvalue weighted by Gasteiger charge is 2.30. The van der Waals surface area contributed by atoms with Gasteiger partial charge in [-0.25, -0.2) is 0 Å². The summed E-state index contributed by atoms with van der Waals surface area (Å²) < 4.78 is 0. The van der Waals surface area contributed by atoms with E-state index in [4.69, 9.17) is 0 Å². The highest BCUT2D eigenvalue weighted by Crippen LogP contribution is 2.28. The molecule has 2 nitrogen and oxygen atoms in total. The fourth-order valence-corrected chi connectivity index (χ4v) is 4.18. The van der Waals surface area contributed by atoms with E-state index in [1.807, 2.05) is 0 Å². The van der Waals surface area contributed by atoms with Crippen molar-refractivity contribution in [2.75, 3.05) is 13.1 Å². The van der Waals surface area contributed by atoms with Crippen molar-refractivity contribution in [2.45, 2.75) is 51.6 Å². The summed E-state index contributed by atoms with van der Waals surface area (Å²) >= 11 is 0. The van der Waals surface area contributed by atoms with Crippen molar-refractivity contribution in [2.24, 2.45) is 0 Å². The Hall–Kier alpha value is -1.20. The maximum atomic E-state index is 4.24. The second kappa shape index (κ2) is 10.9. The van der Waals surface area contributed by atoms with Gasteiger partial charge in [0.05, 0.1) is 13.1 Å². The van der Waals surface area contributed by atoms with Crippen LogP contribution in [0.25, 0.3) is 11.1 Å². The van der Waals surface area contributed by atoms with E-state index in [2.05, 4.69) is 100 Å². The number of fused-ring (bicyclic) bond motifs is 2. The molecular weight excluding hydrogens is 500 g/mol. The summed E-state index contributed by atoms with van der Waals surface area (Å²) in [4.78, 5) is 0. The Balaban J connectivity index is 0.000000281. The Kier molecular flexibility index (Phi) is 9.75. The van der Waals surface area contributed by atoms with Crippen molar-refractivity contribution < 1.29 is 44.6 Å². The van der Waals surface area contributed by atoms with Gasteiger partial charge in [-0.1, -0.05) is 61.7 Å². The molecule has 4 N–H and O–H groups in total. The molecule has 2 aromatic carbocycles.